The predicted octanol–water partition coefficient (Wildman–Crippen LogP) is 3.05. The van der Waals surface area contributed by atoms with Crippen LogP contribution in [0.5, 0.6) is 0 Å². The van der Waals surface area contributed by atoms with Gasteiger partial charge in [0.15, 0.2) is 0 Å². The number of carbonyl (C=O) groups excluding carboxylic acids is 1. The van der Waals surface area contributed by atoms with Gasteiger partial charge in [-0.05, 0) is 30.6 Å². The summed E-state index contributed by atoms with van der Waals surface area (Å²) < 4.78 is 0. The van der Waals surface area contributed by atoms with E-state index in [4.69, 9.17) is 0 Å². The predicted molar refractivity (Wildman–Crippen MR) is 83.6 cm³/mol. The van der Waals surface area contributed by atoms with Gasteiger partial charge in [0, 0.05) is 32.1 Å². The first-order valence-electron chi connectivity index (χ1n) is 8.47. The van der Waals surface area contributed by atoms with Crippen molar-refractivity contribution in [2.45, 2.75) is 59.3 Å². The monoisotopic (exact) mass is 280 g/mol. The second kappa shape index (κ2) is 6.93. The van der Waals surface area contributed by atoms with Crippen molar-refractivity contribution in [1.82, 2.24) is 10.2 Å². The van der Waals surface area contributed by atoms with Gasteiger partial charge in [0.05, 0.1) is 0 Å². The Balaban J connectivity index is 2.05. The summed E-state index contributed by atoms with van der Waals surface area (Å²) in [5.41, 5.74) is 0.242. The molecule has 0 aromatic rings. The van der Waals surface area contributed by atoms with E-state index in [-0.39, 0.29) is 11.3 Å². The molecule has 2 rings (SSSR count). The molecule has 1 atom stereocenters. The Kier molecular flexibility index (Phi) is 5.48. The zero-order valence-corrected chi connectivity index (χ0v) is 13.6. The van der Waals surface area contributed by atoms with Gasteiger partial charge < -0.3 is 10.2 Å². The molecule has 1 saturated heterocycles. The van der Waals surface area contributed by atoms with Crippen LogP contribution in [0.1, 0.15) is 59.3 Å². The van der Waals surface area contributed by atoms with E-state index in [1.54, 1.807) is 0 Å². The molecule has 1 saturated carbocycles. The summed E-state index contributed by atoms with van der Waals surface area (Å²) in [6.07, 6.45) is 7.57. The molecule has 1 amide bonds. The van der Waals surface area contributed by atoms with E-state index in [9.17, 15) is 4.79 Å². The highest BCUT2D eigenvalue weighted by atomic mass is 16.2. The second-order valence-electron chi connectivity index (χ2n) is 7.84. The molecule has 0 radical (unpaired) electrons. The highest BCUT2D eigenvalue weighted by Gasteiger charge is 2.35. The molecule has 0 aromatic carbocycles. The molecular weight excluding hydrogens is 248 g/mol. The SMILES string of the molecule is CC(C)(C)C[C@H](C(=O)N1CCNCC1)C1CCCCC1. The Labute approximate surface area is 124 Å². The van der Waals surface area contributed by atoms with Crippen LogP contribution in [-0.4, -0.2) is 37.0 Å². The highest BCUT2D eigenvalue weighted by molar-refractivity contribution is 5.79. The van der Waals surface area contributed by atoms with E-state index in [0.717, 1.165) is 32.6 Å². The summed E-state index contributed by atoms with van der Waals surface area (Å²) in [4.78, 5) is 15.1. The summed E-state index contributed by atoms with van der Waals surface area (Å²) in [6, 6.07) is 0. The molecule has 0 aromatic heterocycles. The summed E-state index contributed by atoms with van der Waals surface area (Å²) in [5, 5.41) is 3.34. The lowest BCUT2D eigenvalue weighted by atomic mass is 9.72. The fraction of sp³-hybridized carbons (Fsp3) is 0.941. The van der Waals surface area contributed by atoms with Crippen LogP contribution in [0.15, 0.2) is 0 Å². The molecule has 2 fully saturated rings. The minimum Gasteiger partial charge on any atom is -0.340 e. The summed E-state index contributed by atoms with van der Waals surface area (Å²) in [6.45, 7) is 10.5. The van der Waals surface area contributed by atoms with Crippen molar-refractivity contribution in [3.05, 3.63) is 0 Å². The van der Waals surface area contributed by atoms with Gasteiger partial charge in [-0.2, -0.15) is 0 Å². The van der Waals surface area contributed by atoms with E-state index in [2.05, 4.69) is 31.0 Å². The van der Waals surface area contributed by atoms with Crippen LogP contribution < -0.4 is 5.32 Å². The first-order chi connectivity index (χ1) is 9.47. The maximum absolute atomic E-state index is 13.0. The first kappa shape index (κ1) is 15.8. The zero-order valence-electron chi connectivity index (χ0n) is 13.6. The molecule has 2 aliphatic rings. The average Bonchev–Trinajstić information content (AvgIpc) is 2.45. The van der Waals surface area contributed by atoms with Crippen molar-refractivity contribution in [1.29, 1.82) is 0 Å². The first-order valence-corrected chi connectivity index (χ1v) is 8.47. The number of hydrogen-bond acceptors (Lipinski definition) is 2. The molecule has 20 heavy (non-hydrogen) atoms. The quantitative estimate of drug-likeness (QED) is 0.862. The highest BCUT2D eigenvalue weighted by Crippen LogP contribution is 2.37. The van der Waals surface area contributed by atoms with E-state index in [1.807, 2.05) is 0 Å². The van der Waals surface area contributed by atoms with Crippen LogP contribution in [0.2, 0.25) is 0 Å². The maximum Gasteiger partial charge on any atom is 0.226 e. The third-order valence-electron chi connectivity index (χ3n) is 4.80. The molecule has 3 nitrogen and oxygen atoms in total. The van der Waals surface area contributed by atoms with Crippen LogP contribution in [-0.2, 0) is 4.79 Å². The summed E-state index contributed by atoms with van der Waals surface area (Å²) in [5.74, 6) is 1.33. The van der Waals surface area contributed by atoms with Crippen molar-refractivity contribution in [2.75, 3.05) is 26.2 Å². The number of piperazine rings is 1. The number of amides is 1. The molecular formula is C17H32N2O. The molecule has 0 unspecified atom stereocenters. The van der Waals surface area contributed by atoms with Crippen LogP contribution in [0, 0.1) is 17.3 Å². The molecule has 1 aliphatic carbocycles. The second-order valence-corrected chi connectivity index (χ2v) is 7.84. The Bertz CT molecular complexity index is 309. The van der Waals surface area contributed by atoms with E-state index >= 15 is 0 Å². The molecule has 116 valence electrons. The average molecular weight is 280 g/mol. The van der Waals surface area contributed by atoms with Crippen molar-refractivity contribution in [3.63, 3.8) is 0 Å². The summed E-state index contributed by atoms with van der Waals surface area (Å²) >= 11 is 0. The van der Waals surface area contributed by atoms with Crippen molar-refractivity contribution in [3.8, 4) is 0 Å². The van der Waals surface area contributed by atoms with Crippen LogP contribution >= 0.6 is 0 Å². The Morgan fingerprint density at radius 2 is 1.75 bits per heavy atom. The van der Waals surface area contributed by atoms with Gasteiger partial charge >= 0.3 is 0 Å². The lowest BCUT2D eigenvalue weighted by Crippen LogP contribution is -2.50. The Morgan fingerprint density at radius 1 is 1.15 bits per heavy atom. The maximum atomic E-state index is 13.0. The van der Waals surface area contributed by atoms with E-state index in [1.165, 1.54) is 32.1 Å². The van der Waals surface area contributed by atoms with Gasteiger partial charge in [-0.3, -0.25) is 4.79 Å². The largest absolute Gasteiger partial charge is 0.340 e. The van der Waals surface area contributed by atoms with Gasteiger partial charge in [-0.1, -0.05) is 40.0 Å². The van der Waals surface area contributed by atoms with Crippen LogP contribution in [0.4, 0.5) is 0 Å². The molecule has 3 heteroatoms. The molecule has 1 aliphatic heterocycles. The van der Waals surface area contributed by atoms with Crippen molar-refractivity contribution in [2.24, 2.45) is 17.3 Å². The van der Waals surface area contributed by atoms with Crippen molar-refractivity contribution >= 4 is 5.91 Å². The lowest BCUT2D eigenvalue weighted by Gasteiger charge is -2.38. The Morgan fingerprint density at radius 3 is 2.30 bits per heavy atom. The van der Waals surface area contributed by atoms with Gasteiger partial charge in [0.2, 0.25) is 5.91 Å². The minimum atomic E-state index is 0.242. The third-order valence-corrected chi connectivity index (χ3v) is 4.80. The van der Waals surface area contributed by atoms with Crippen LogP contribution in [0.3, 0.4) is 0 Å². The smallest absolute Gasteiger partial charge is 0.226 e. The number of nitrogens with zero attached hydrogens (tertiary/aromatic N) is 1. The Hall–Kier alpha value is -0.570. The lowest BCUT2D eigenvalue weighted by molar-refractivity contribution is -0.139. The molecule has 1 N–H and O–H groups in total. The zero-order chi connectivity index (χ0) is 14.6. The van der Waals surface area contributed by atoms with E-state index in [0.29, 0.717) is 11.8 Å². The fourth-order valence-electron chi connectivity index (χ4n) is 3.77. The molecule has 1 heterocycles. The van der Waals surface area contributed by atoms with Crippen LogP contribution in [0.25, 0.3) is 0 Å². The van der Waals surface area contributed by atoms with Crippen molar-refractivity contribution < 1.29 is 4.79 Å². The van der Waals surface area contributed by atoms with Gasteiger partial charge in [0.25, 0.3) is 0 Å². The van der Waals surface area contributed by atoms with Gasteiger partial charge in [-0.15, -0.1) is 0 Å². The fourth-order valence-corrected chi connectivity index (χ4v) is 3.77. The van der Waals surface area contributed by atoms with E-state index < -0.39 is 0 Å². The molecule has 0 spiro atoms. The number of carbonyl (C=O) groups is 1. The van der Waals surface area contributed by atoms with Gasteiger partial charge in [-0.25, -0.2) is 0 Å². The number of rotatable bonds is 3. The number of nitrogens with one attached hydrogen (secondary N) is 1. The number of hydrogen-bond donors (Lipinski definition) is 1. The minimum absolute atomic E-state index is 0.242. The molecule has 0 bridgehead atoms. The normalized spacial score (nSPS) is 23.6. The van der Waals surface area contributed by atoms with Gasteiger partial charge in [0.1, 0.15) is 0 Å². The topological polar surface area (TPSA) is 32.3 Å². The standard InChI is InChI=1S/C17H32N2O/c1-17(2,3)13-15(14-7-5-4-6-8-14)16(20)19-11-9-18-10-12-19/h14-15,18H,4-13H2,1-3H3/t15-/m0/s1. The third kappa shape index (κ3) is 4.47. The summed E-state index contributed by atoms with van der Waals surface area (Å²) in [7, 11) is 0.